The van der Waals surface area contributed by atoms with Gasteiger partial charge in [0.2, 0.25) is 0 Å². The summed E-state index contributed by atoms with van der Waals surface area (Å²) in [5.41, 5.74) is 3.90. The van der Waals surface area contributed by atoms with Gasteiger partial charge in [-0.05, 0) is 76.0 Å². The summed E-state index contributed by atoms with van der Waals surface area (Å²) in [5, 5.41) is 3.65. The number of nitrogens with zero attached hydrogens (tertiary/aromatic N) is 2. The Bertz CT molecular complexity index is 826. The molecule has 0 radical (unpaired) electrons. The van der Waals surface area contributed by atoms with E-state index < -0.39 is 11.7 Å². The zero-order valence-electron chi connectivity index (χ0n) is 20.1. The highest BCUT2D eigenvalue weighted by atomic mass is 19.4. The monoisotopic (exact) mass is 449 g/mol. The minimum Gasteiger partial charge on any atom is -0.376 e. The molecule has 0 spiro atoms. The van der Waals surface area contributed by atoms with Crippen molar-refractivity contribution in [1.82, 2.24) is 10.2 Å². The van der Waals surface area contributed by atoms with Gasteiger partial charge in [0.25, 0.3) is 0 Å². The van der Waals surface area contributed by atoms with Crippen molar-refractivity contribution in [3.63, 3.8) is 0 Å². The molecule has 1 atom stereocenters. The van der Waals surface area contributed by atoms with Crippen LogP contribution in [-0.4, -0.2) is 43.6 Å². The van der Waals surface area contributed by atoms with E-state index in [4.69, 9.17) is 0 Å². The molecule has 2 aliphatic rings. The van der Waals surface area contributed by atoms with Crippen molar-refractivity contribution in [1.29, 1.82) is 0 Å². The molecule has 2 rings (SSSR count). The van der Waals surface area contributed by atoms with Crippen LogP contribution in [0.3, 0.4) is 0 Å². The number of amidine groups is 1. The molecule has 0 aromatic rings. The minimum absolute atomic E-state index is 0.105. The summed E-state index contributed by atoms with van der Waals surface area (Å²) in [4.78, 5) is 6.74. The Morgan fingerprint density at radius 1 is 1.25 bits per heavy atom. The number of likely N-dealkylation sites (tertiary alicyclic amines) is 1. The number of aliphatic imine (C=N–C) groups is 1. The van der Waals surface area contributed by atoms with E-state index in [0.29, 0.717) is 18.4 Å². The van der Waals surface area contributed by atoms with E-state index in [1.165, 1.54) is 29.7 Å². The van der Waals surface area contributed by atoms with Crippen molar-refractivity contribution in [2.24, 2.45) is 4.99 Å². The SMILES string of the molecule is C\C=C/C(=C\C(=C\CC)C(F)(F)F)C/C=C1/C(NC(=NC)C2=C(C)CCC2)CCCN1C. The molecular formula is C26H38F3N3. The lowest BCUT2D eigenvalue weighted by Gasteiger charge is -2.36. The molecule has 1 N–H and O–H groups in total. The summed E-state index contributed by atoms with van der Waals surface area (Å²) in [6, 6.07) is 0.105. The number of piperidine rings is 1. The van der Waals surface area contributed by atoms with Gasteiger partial charge in [0.05, 0.1) is 11.6 Å². The number of halogens is 3. The number of nitrogens with one attached hydrogen (secondary N) is 1. The summed E-state index contributed by atoms with van der Waals surface area (Å²) in [6.07, 6.45) is 9.98. The van der Waals surface area contributed by atoms with Crippen LogP contribution in [0, 0.1) is 0 Å². The fourth-order valence-corrected chi connectivity index (χ4v) is 4.47. The van der Waals surface area contributed by atoms with Crippen LogP contribution in [0.5, 0.6) is 0 Å². The van der Waals surface area contributed by atoms with Crippen LogP contribution >= 0.6 is 0 Å². The van der Waals surface area contributed by atoms with Crippen molar-refractivity contribution in [3.8, 4) is 0 Å². The van der Waals surface area contributed by atoms with E-state index in [1.807, 2.05) is 14.0 Å². The normalized spacial score (nSPS) is 23.1. The van der Waals surface area contributed by atoms with Crippen LogP contribution < -0.4 is 5.32 Å². The summed E-state index contributed by atoms with van der Waals surface area (Å²) in [6.45, 7) is 6.67. The average Bonchev–Trinajstić information content (AvgIpc) is 3.16. The van der Waals surface area contributed by atoms with Gasteiger partial charge in [0, 0.05) is 26.3 Å². The van der Waals surface area contributed by atoms with Crippen LogP contribution in [0.2, 0.25) is 0 Å². The van der Waals surface area contributed by atoms with Gasteiger partial charge in [-0.15, -0.1) is 0 Å². The van der Waals surface area contributed by atoms with Gasteiger partial charge in [-0.3, -0.25) is 4.99 Å². The van der Waals surface area contributed by atoms with E-state index in [1.54, 1.807) is 19.1 Å². The molecule has 1 aliphatic heterocycles. The molecular weight excluding hydrogens is 411 g/mol. The Labute approximate surface area is 191 Å². The van der Waals surface area contributed by atoms with Gasteiger partial charge < -0.3 is 10.2 Å². The molecule has 1 aliphatic carbocycles. The van der Waals surface area contributed by atoms with E-state index in [2.05, 4.69) is 35.3 Å². The first-order valence-corrected chi connectivity index (χ1v) is 11.6. The molecule has 3 nitrogen and oxygen atoms in total. The number of likely N-dealkylation sites (N-methyl/N-ethyl adjacent to an activating group) is 1. The zero-order chi connectivity index (χ0) is 23.7. The lowest BCUT2D eigenvalue weighted by atomic mass is 9.98. The quantitative estimate of drug-likeness (QED) is 0.261. The molecule has 1 heterocycles. The van der Waals surface area contributed by atoms with E-state index in [-0.39, 0.29) is 6.04 Å². The van der Waals surface area contributed by atoms with Crippen LogP contribution in [0.1, 0.15) is 65.7 Å². The van der Waals surface area contributed by atoms with Crippen molar-refractivity contribution >= 4 is 5.84 Å². The minimum atomic E-state index is -4.35. The Morgan fingerprint density at radius 3 is 2.56 bits per heavy atom. The highest BCUT2D eigenvalue weighted by Crippen LogP contribution is 2.30. The van der Waals surface area contributed by atoms with Crippen molar-refractivity contribution in [2.45, 2.75) is 77.9 Å². The molecule has 0 aromatic heterocycles. The third-order valence-electron chi connectivity index (χ3n) is 6.12. The van der Waals surface area contributed by atoms with Gasteiger partial charge in [0.15, 0.2) is 0 Å². The lowest BCUT2D eigenvalue weighted by Crippen LogP contribution is -2.45. The topological polar surface area (TPSA) is 27.6 Å². The molecule has 1 fully saturated rings. The number of alkyl halides is 3. The number of hydrogen-bond donors (Lipinski definition) is 1. The van der Waals surface area contributed by atoms with Crippen LogP contribution in [0.25, 0.3) is 0 Å². The maximum Gasteiger partial charge on any atom is 0.416 e. The van der Waals surface area contributed by atoms with Crippen LogP contribution in [-0.2, 0) is 0 Å². The first-order chi connectivity index (χ1) is 15.2. The largest absolute Gasteiger partial charge is 0.416 e. The van der Waals surface area contributed by atoms with E-state index in [9.17, 15) is 13.2 Å². The highest BCUT2D eigenvalue weighted by Gasteiger charge is 2.32. The molecule has 1 unspecified atom stereocenters. The second-order valence-corrected chi connectivity index (χ2v) is 8.56. The standard InChI is InChI=1S/C26H38F3N3/c1-6-10-20(18-21(11-7-2)26(27,28)29)15-16-24-23(14-9-17-32(24)5)31-25(30-4)22-13-8-12-19(22)3/h6,10-11,16,18,23H,7-9,12-15,17H2,1-5H3,(H,30,31)/b10-6-,20-18+,21-11-,24-16-. The Hall–Kier alpha value is -2.24. The van der Waals surface area contributed by atoms with Gasteiger partial charge >= 0.3 is 6.18 Å². The predicted molar refractivity (Wildman–Crippen MR) is 129 cm³/mol. The van der Waals surface area contributed by atoms with E-state index in [0.717, 1.165) is 43.8 Å². The highest BCUT2D eigenvalue weighted by molar-refractivity contribution is 5.99. The summed E-state index contributed by atoms with van der Waals surface area (Å²) < 4.78 is 40.2. The van der Waals surface area contributed by atoms with Crippen molar-refractivity contribution in [3.05, 3.63) is 58.4 Å². The average molecular weight is 450 g/mol. The van der Waals surface area contributed by atoms with Gasteiger partial charge in [-0.1, -0.05) is 36.8 Å². The molecule has 32 heavy (non-hydrogen) atoms. The fraction of sp³-hybridized carbons (Fsp3) is 0.577. The predicted octanol–water partition coefficient (Wildman–Crippen LogP) is 6.87. The molecule has 0 aromatic carbocycles. The third-order valence-corrected chi connectivity index (χ3v) is 6.12. The van der Waals surface area contributed by atoms with Gasteiger partial charge in [-0.25, -0.2) is 0 Å². The summed E-state index contributed by atoms with van der Waals surface area (Å²) in [5.74, 6) is 0.959. The summed E-state index contributed by atoms with van der Waals surface area (Å²) in [7, 11) is 3.88. The zero-order valence-corrected chi connectivity index (χ0v) is 20.1. The Balaban J connectivity index is 2.29. The maximum atomic E-state index is 13.4. The Morgan fingerprint density at radius 2 is 2.00 bits per heavy atom. The van der Waals surface area contributed by atoms with E-state index >= 15 is 0 Å². The molecule has 1 saturated heterocycles. The number of hydrogen-bond acceptors (Lipinski definition) is 2. The van der Waals surface area contributed by atoms with Gasteiger partial charge in [0.1, 0.15) is 5.84 Å². The van der Waals surface area contributed by atoms with Crippen molar-refractivity contribution in [2.75, 3.05) is 20.6 Å². The smallest absolute Gasteiger partial charge is 0.376 e. The van der Waals surface area contributed by atoms with Crippen molar-refractivity contribution < 1.29 is 13.2 Å². The summed E-state index contributed by atoms with van der Waals surface area (Å²) >= 11 is 0. The fourth-order valence-electron chi connectivity index (χ4n) is 4.47. The first-order valence-electron chi connectivity index (χ1n) is 11.6. The lowest BCUT2D eigenvalue weighted by molar-refractivity contribution is -0.0884. The molecule has 0 amide bonds. The Kier molecular flexibility index (Phi) is 9.85. The second-order valence-electron chi connectivity index (χ2n) is 8.56. The number of allylic oxidation sites excluding steroid dienone is 8. The third kappa shape index (κ3) is 7.14. The second kappa shape index (κ2) is 12.1. The molecule has 178 valence electrons. The van der Waals surface area contributed by atoms with Gasteiger partial charge in [-0.2, -0.15) is 13.2 Å². The molecule has 0 bridgehead atoms. The first kappa shape index (κ1) is 26.0. The molecule has 6 heteroatoms. The number of rotatable bonds is 7. The molecule has 0 saturated carbocycles. The maximum absolute atomic E-state index is 13.4. The van der Waals surface area contributed by atoms with Crippen LogP contribution in [0.4, 0.5) is 13.2 Å². The van der Waals surface area contributed by atoms with Crippen LogP contribution in [0.15, 0.2) is 63.4 Å².